The summed E-state index contributed by atoms with van der Waals surface area (Å²) in [7, 11) is 0. The number of hydrogen-bond acceptors (Lipinski definition) is 3. The predicted octanol–water partition coefficient (Wildman–Crippen LogP) is 1.92. The highest BCUT2D eigenvalue weighted by molar-refractivity contribution is 4.87. The fourth-order valence-corrected chi connectivity index (χ4v) is 3.56. The van der Waals surface area contributed by atoms with Gasteiger partial charge in [-0.1, -0.05) is 0 Å². The smallest absolute Gasteiger partial charge is 0.0108 e. The van der Waals surface area contributed by atoms with Crippen molar-refractivity contribution >= 4 is 0 Å². The van der Waals surface area contributed by atoms with E-state index in [1.165, 1.54) is 51.9 Å². The molecule has 0 aliphatic carbocycles. The van der Waals surface area contributed by atoms with Crippen LogP contribution in [0.15, 0.2) is 0 Å². The van der Waals surface area contributed by atoms with Gasteiger partial charge in [-0.2, -0.15) is 0 Å². The van der Waals surface area contributed by atoms with Gasteiger partial charge < -0.3 is 10.6 Å². The van der Waals surface area contributed by atoms with E-state index in [2.05, 4.69) is 30.6 Å². The van der Waals surface area contributed by atoms with E-state index in [9.17, 15) is 0 Å². The molecule has 3 atom stereocenters. The summed E-state index contributed by atoms with van der Waals surface area (Å²) in [4.78, 5) is 5.36. The second-order valence-corrected chi connectivity index (χ2v) is 6.62. The van der Waals surface area contributed by atoms with Crippen LogP contribution in [0.4, 0.5) is 0 Å². The molecule has 0 radical (unpaired) electrons. The molecule has 106 valence electrons. The molecule has 0 bridgehead atoms. The van der Waals surface area contributed by atoms with E-state index in [0.717, 1.165) is 12.0 Å². The molecule has 0 spiro atoms. The van der Waals surface area contributed by atoms with Crippen molar-refractivity contribution in [3.05, 3.63) is 0 Å². The van der Waals surface area contributed by atoms with Crippen molar-refractivity contribution in [2.45, 2.75) is 64.6 Å². The van der Waals surface area contributed by atoms with E-state index >= 15 is 0 Å². The third-order valence-corrected chi connectivity index (χ3v) is 4.98. The maximum Gasteiger partial charge on any atom is 0.0108 e. The lowest BCUT2D eigenvalue weighted by atomic mass is 10.0. The van der Waals surface area contributed by atoms with Crippen LogP contribution >= 0.6 is 0 Å². The van der Waals surface area contributed by atoms with Crippen LogP contribution in [-0.4, -0.2) is 54.1 Å². The van der Waals surface area contributed by atoms with Gasteiger partial charge in [-0.25, -0.2) is 0 Å². The van der Waals surface area contributed by atoms with Gasteiger partial charge in [-0.3, -0.25) is 4.90 Å². The van der Waals surface area contributed by atoms with Crippen LogP contribution in [-0.2, 0) is 0 Å². The fourth-order valence-electron chi connectivity index (χ4n) is 3.56. The summed E-state index contributed by atoms with van der Waals surface area (Å²) < 4.78 is 0. The molecule has 18 heavy (non-hydrogen) atoms. The first-order valence-electron chi connectivity index (χ1n) is 7.81. The zero-order valence-corrected chi connectivity index (χ0v) is 12.4. The van der Waals surface area contributed by atoms with E-state index in [0.29, 0.717) is 12.1 Å². The first-order chi connectivity index (χ1) is 8.58. The Balaban J connectivity index is 1.84. The summed E-state index contributed by atoms with van der Waals surface area (Å²) in [5.41, 5.74) is 6.05. The fraction of sp³-hybridized carbons (Fsp3) is 1.00. The number of likely N-dealkylation sites (tertiary alicyclic amines) is 2. The molecule has 0 amide bonds. The van der Waals surface area contributed by atoms with Gasteiger partial charge in [0, 0.05) is 24.7 Å². The Kier molecular flexibility index (Phi) is 5.05. The Morgan fingerprint density at radius 1 is 1.00 bits per heavy atom. The summed E-state index contributed by atoms with van der Waals surface area (Å²) in [5.74, 6) is 0.731. The number of hydrogen-bond donors (Lipinski definition) is 1. The van der Waals surface area contributed by atoms with Crippen molar-refractivity contribution in [2.24, 2.45) is 11.7 Å². The van der Waals surface area contributed by atoms with Crippen molar-refractivity contribution in [3.8, 4) is 0 Å². The van der Waals surface area contributed by atoms with Gasteiger partial charge in [0.2, 0.25) is 0 Å². The van der Waals surface area contributed by atoms with E-state index in [-0.39, 0.29) is 0 Å². The lowest BCUT2D eigenvalue weighted by molar-refractivity contribution is 0.195. The van der Waals surface area contributed by atoms with E-state index < -0.39 is 0 Å². The Labute approximate surface area is 113 Å². The average Bonchev–Trinajstić information content (AvgIpc) is 2.67. The molecule has 0 aromatic rings. The normalized spacial score (nSPS) is 33.8. The van der Waals surface area contributed by atoms with E-state index in [1.54, 1.807) is 0 Å². The maximum absolute atomic E-state index is 6.05. The molecule has 3 unspecified atom stereocenters. The minimum Gasteiger partial charge on any atom is -0.328 e. The molecule has 2 fully saturated rings. The molecule has 2 saturated heterocycles. The molecule has 2 N–H and O–H groups in total. The van der Waals surface area contributed by atoms with Gasteiger partial charge in [-0.15, -0.1) is 0 Å². The van der Waals surface area contributed by atoms with Crippen molar-refractivity contribution in [1.29, 1.82) is 0 Å². The molecule has 2 heterocycles. The topological polar surface area (TPSA) is 32.5 Å². The van der Waals surface area contributed by atoms with E-state index in [1.807, 2.05) is 0 Å². The molecule has 3 nitrogen and oxygen atoms in total. The lowest BCUT2D eigenvalue weighted by Crippen LogP contribution is -2.37. The van der Waals surface area contributed by atoms with E-state index in [4.69, 9.17) is 5.73 Å². The quantitative estimate of drug-likeness (QED) is 0.834. The van der Waals surface area contributed by atoms with Crippen molar-refractivity contribution in [3.63, 3.8) is 0 Å². The van der Waals surface area contributed by atoms with Crippen molar-refractivity contribution in [2.75, 3.05) is 26.2 Å². The number of rotatable bonds is 3. The first kappa shape index (κ1) is 14.3. The van der Waals surface area contributed by atoms with Gasteiger partial charge in [0.25, 0.3) is 0 Å². The van der Waals surface area contributed by atoms with Crippen LogP contribution in [0.3, 0.4) is 0 Å². The maximum atomic E-state index is 6.05. The third kappa shape index (κ3) is 3.46. The SMILES string of the molecule is CC(N)C1CCN(C2CCCN(C(C)C)CC2)C1. The molecular weight excluding hydrogens is 222 g/mol. The van der Waals surface area contributed by atoms with Gasteiger partial charge >= 0.3 is 0 Å². The molecule has 0 aromatic carbocycles. The third-order valence-electron chi connectivity index (χ3n) is 4.98. The van der Waals surface area contributed by atoms with Crippen LogP contribution < -0.4 is 5.73 Å². The van der Waals surface area contributed by atoms with Gasteiger partial charge in [0.05, 0.1) is 0 Å². The standard InChI is InChI=1S/C15H31N3/c1-12(2)17-8-4-5-15(7-10-17)18-9-6-14(11-18)13(3)16/h12-15H,4-11,16H2,1-3H3. The monoisotopic (exact) mass is 253 g/mol. The molecule has 2 aliphatic rings. The van der Waals surface area contributed by atoms with Gasteiger partial charge in [-0.05, 0) is 72.0 Å². The second kappa shape index (κ2) is 6.36. The highest BCUT2D eigenvalue weighted by atomic mass is 15.2. The molecule has 2 aliphatic heterocycles. The highest BCUT2D eigenvalue weighted by Gasteiger charge is 2.31. The number of nitrogens with two attached hydrogens (primary N) is 1. The largest absolute Gasteiger partial charge is 0.328 e. The Morgan fingerprint density at radius 2 is 1.78 bits per heavy atom. The minimum atomic E-state index is 0.368. The molecule has 3 heteroatoms. The van der Waals surface area contributed by atoms with Gasteiger partial charge in [0.1, 0.15) is 0 Å². The minimum absolute atomic E-state index is 0.368. The Bertz CT molecular complexity index is 252. The summed E-state index contributed by atoms with van der Waals surface area (Å²) in [6.07, 6.45) is 5.41. The number of nitrogens with zero attached hydrogens (tertiary/aromatic N) is 2. The van der Waals surface area contributed by atoms with Crippen molar-refractivity contribution < 1.29 is 0 Å². The van der Waals surface area contributed by atoms with Crippen LogP contribution in [0.25, 0.3) is 0 Å². The average molecular weight is 253 g/mol. The lowest BCUT2D eigenvalue weighted by Gasteiger charge is -2.28. The molecular formula is C15H31N3. The Hall–Kier alpha value is -0.120. The zero-order valence-electron chi connectivity index (χ0n) is 12.4. The van der Waals surface area contributed by atoms with Crippen LogP contribution in [0, 0.1) is 5.92 Å². The van der Waals surface area contributed by atoms with Crippen molar-refractivity contribution in [1.82, 2.24) is 9.80 Å². The molecule has 2 rings (SSSR count). The summed E-state index contributed by atoms with van der Waals surface area (Å²) in [6, 6.07) is 1.89. The van der Waals surface area contributed by atoms with Crippen LogP contribution in [0.5, 0.6) is 0 Å². The van der Waals surface area contributed by atoms with Crippen LogP contribution in [0.1, 0.15) is 46.5 Å². The summed E-state index contributed by atoms with van der Waals surface area (Å²) in [5, 5.41) is 0. The van der Waals surface area contributed by atoms with Crippen LogP contribution in [0.2, 0.25) is 0 Å². The summed E-state index contributed by atoms with van der Waals surface area (Å²) in [6.45, 7) is 11.9. The molecule has 0 saturated carbocycles. The first-order valence-corrected chi connectivity index (χ1v) is 7.81. The molecule has 0 aromatic heterocycles. The zero-order chi connectivity index (χ0) is 13.1. The highest BCUT2D eigenvalue weighted by Crippen LogP contribution is 2.26. The van der Waals surface area contributed by atoms with Gasteiger partial charge in [0.15, 0.2) is 0 Å². The Morgan fingerprint density at radius 3 is 2.39 bits per heavy atom. The predicted molar refractivity (Wildman–Crippen MR) is 77.7 cm³/mol. The second-order valence-electron chi connectivity index (χ2n) is 6.62. The summed E-state index contributed by atoms with van der Waals surface area (Å²) >= 11 is 0.